The van der Waals surface area contributed by atoms with Gasteiger partial charge in [-0.1, -0.05) is 11.6 Å². The summed E-state index contributed by atoms with van der Waals surface area (Å²) in [5.74, 6) is 5.87. The van der Waals surface area contributed by atoms with Crippen molar-refractivity contribution in [2.24, 2.45) is 0 Å². The zero-order valence-corrected chi connectivity index (χ0v) is 9.13. The van der Waals surface area contributed by atoms with Crippen LogP contribution in [0.4, 0.5) is 0 Å². The van der Waals surface area contributed by atoms with Crippen molar-refractivity contribution >= 4 is 22.9 Å². The zero-order valence-electron chi connectivity index (χ0n) is 7.56. The van der Waals surface area contributed by atoms with Crippen LogP contribution in [-0.2, 0) is 6.54 Å². The monoisotopic (exact) mass is 213 g/mol. The summed E-state index contributed by atoms with van der Waals surface area (Å²) in [6.45, 7) is 3.69. The highest BCUT2D eigenvalue weighted by molar-refractivity contribution is 7.10. The summed E-state index contributed by atoms with van der Waals surface area (Å²) in [6.07, 6.45) is 0.912. The topological polar surface area (TPSA) is 12.0 Å². The second-order valence-electron chi connectivity index (χ2n) is 2.58. The molecule has 0 bridgehead atoms. The summed E-state index contributed by atoms with van der Waals surface area (Å²) < 4.78 is 0. The van der Waals surface area contributed by atoms with Crippen LogP contribution in [-0.4, -0.2) is 6.54 Å². The molecule has 1 aromatic rings. The average Bonchev–Trinajstić information content (AvgIpc) is 2.51. The molecule has 0 aliphatic rings. The van der Waals surface area contributed by atoms with Crippen LogP contribution < -0.4 is 5.32 Å². The lowest BCUT2D eigenvalue weighted by Gasteiger charge is -1.97. The van der Waals surface area contributed by atoms with Gasteiger partial charge in [-0.15, -0.1) is 23.2 Å². The fourth-order valence-electron chi connectivity index (χ4n) is 0.934. The highest BCUT2D eigenvalue weighted by Gasteiger charge is 1.95. The van der Waals surface area contributed by atoms with E-state index in [0.717, 1.165) is 24.5 Å². The Bertz CT molecular complexity index is 308. The van der Waals surface area contributed by atoms with E-state index in [9.17, 15) is 0 Å². The molecule has 0 aliphatic heterocycles. The molecule has 0 aromatic carbocycles. The van der Waals surface area contributed by atoms with Gasteiger partial charge >= 0.3 is 0 Å². The first-order valence-corrected chi connectivity index (χ1v) is 5.42. The van der Waals surface area contributed by atoms with Gasteiger partial charge in [0.05, 0.1) is 5.02 Å². The van der Waals surface area contributed by atoms with Crippen LogP contribution in [0.25, 0.3) is 0 Å². The fraction of sp³-hybridized carbons (Fsp3) is 0.400. The maximum Gasteiger partial charge on any atom is 0.0516 e. The largest absolute Gasteiger partial charge is 0.311 e. The Morgan fingerprint density at radius 1 is 1.62 bits per heavy atom. The molecule has 0 atom stereocenters. The minimum Gasteiger partial charge on any atom is -0.311 e. The molecule has 0 fully saturated rings. The summed E-state index contributed by atoms with van der Waals surface area (Å²) in [5.41, 5.74) is 0. The smallest absolute Gasteiger partial charge is 0.0516 e. The van der Waals surface area contributed by atoms with Crippen LogP contribution in [0.2, 0.25) is 5.02 Å². The van der Waals surface area contributed by atoms with Crippen LogP contribution in [0, 0.1) is 11.8 Å². The summed E-state index contributed by atoms with van der Waals surface area (Å²) in [4.78, 5) is 1.27. The standard InChI is InChI=1S/C10H12ClNS/c1-2-3-4-5-12-7-10-6-9(11)8-13-10/h6,8,12H,4-5,7H2,1H3. The van der Waals surface area contributed by atoms with E-state index >= 15 is 0 Å². The molecular weight excluding hydrogens is 202 g/mol. The second-order valence-corrected chi connectivity index (χ2v) is 4.02. The summed E-state index contributed by atoms with van der Waals surface area (Å²) in [5, 5.41) is 6.08. The molecule has 0 unspecified atom stereocenters. The van der Waals surface area contributed by atoms with Gasteiger partial charge in [0.15, 0.2) is 0 Å². The van der Waals surface area contributed by atoms with E-state index < -0.39 is 0 Å². The number of hydrogen-bond donors (Lipinski definition) is 1. The Morgan fingerprint density at radius 3 is 3.08 bits per heavy atom. The lowest BCUT2D eigenvalue weighted by Crippen LogP contribution is -2.13. The molecule has 13 heavy (non-hydrogen) atoms. The van der Waals surface area contributed by atoms with Gasteiger partial charge in [-0.2, -0.15) is 0 Å². The van der Waals surface area contributed by atoms with E-state index in [1.165, 1.54) is 4.88 Å². The van der Waals surface area contributed by atoms with Gasteiger partial charge < -0.3 is 5.32 Å². The number of hydrogen-bond acceptors (Lipinski definition) is 2. The molecule has 0 aliphatic carbocycles. The quantitative estimate of drug-likeness (QED) is 0.599. The molecular formula is C10H12ClNS. The molecule has 0 saturated carbocycles. The lowest BCUT2D eigenvalue weighted by atomic mass is 10.4. The normalized spacial score (nSPS) is 9.38. The molecule has 1 heterocycles. The van der Waals surface area contributed by atoms with Crippen molar-refractivity contribution in [3.63, 3.8) is 0 Å². The predicted molar refractivity (Wildman–Crippen MR) is 59.1 cm³/mol. The molecule has 0 saturated heterocycles. The molecule has 1 aromatic heterocycles. The average molecular weight is 214 g/mol. The highest BCUT2D eigenvalue weighted by atomic mass is 35.5. The van der Waals surface area contributed by atoms with Crippen molar-refractivity contribution in [1.29, 1.82) is 0 Å². The van der Waals surface area contributed by atoms with Crippen molar-refractivity contribution in [1.82, 2.24) is 5.32 Å². The number of rotatable bonds is 4. The van der Waals surface area contributed by atoms with Gasteiger partial charge in [0.25, 0.3) is 0 Å². The van der Waals surface area contributed by atoms with Gasteiger partial charge in [0, 0.05) is 29.8 Å². The molecule has 1 rings (SSSR count). The number of halogens is 1. The Kier molecular flexibility index (Phi) is 4.92. The summed E-state index contributed by atoms with van der Waals surface area (Å²) >= 11 is 7.47. The second kappa shape index (κ2) is 6.04. The van der Waals surface area contributed by atoms with E-state index in [2.05, 4.69) is 17.2 Å². The first kappa shape index (κ1) is 10.6. The van der Waals surface area contributed by atoms with Crippen molar-refractivity contribution in [3.05, 3.63) is 21.3 Å². The van der Waals surface area contributed by atoms with Gasteiger partial charge in [-0.05, 0) is 13.0 Å². The van der Waals surface area contributed by atoms with Crippen molar-refractivity contribution < 1.29 is 0 Å². The number of thiophene rings is 1. The van der Waals surface area contributed by atoms with Gasteiger partial charge in [-0.25, -0.2) is 0 Å². The molecule has 0 radical (unpaired) electrons. The third kappa shape index (κ3) is 4.33. The van der Waals surface area contributed by atoms with Crippen LogP contribution >= 0.6 is 22.9 Å². The minimum absolute atomic E-state index is 0.829. The highest BCUT2D eigenvalue weighted by Crippen LogP contribution is 2.18. The van der Waals surface area contributed by atoms with Crippen LogP contribution in [0.5, 0.6) is 0 Å². The van der Waals surface area contributed by atoms with Gasteiger partial charge in [0.2, 0.25) is 0 Å². The first-order chi connectivity index (χ1) is 6.33. The van der Waals surface area contributed by atoms with Gasteiger partial charge in [0.1, 0.15) is 0 Å². The van der Waals surface area contributed by atoms with E-state index in [-0.39, 0.29) is 0 Å². The Hall–Kier alpha value is -0.490. The van der Waals surface area contributed by atoms with Crippen molar-refractivity contribution in [3.8, 4) is 11.8 Å². The van der Waals surface area contributed by atoms with E-state index in [1.807, 2.05) is 18.4 Å². The summed E-state index contributed by atoms with van der Waals surface area (Å²) in [7, 11) is 0. The van der Waals surface area contributed by atoms with Crippen molar-refractivity contribution in [2.75, 3.05) is 6.54 Å². The molecule has 0 amide bonds. The van der Waals surface area contributed by atoms with E-state index in [0.29, 0.717) is 0 Å². The van der Waals surface area contributed by atoms with E-state index in [1.54, 1.807) is 11.3 Å². The maximum atomic E-state index is 5.78. The third-order valence-electron chi connectivity index (χ3n) is 1.52. The zero-order chi connectivity index (χ0) is 9.52. The predicted octanol–water partition coefficient (Wildman–Crippen LogP) is 2.90. The SMILES string of the molecule is CC#CCCNCc1cc(Cl)cs1. The molecule has 70 valence electrons. The van der Waals surface area contributed by atoms with Crippen LogP contribution in [0.3, 0.4) is 0 Å². The fourth-order valence-corrected chi connectivity index (χ4v) is 1.98. The minimum atomic E-state index is 0.829. The molecule has 3 heteroatoms. The molecule has 1 N–H and O–H groups in total. The van der Waals surface area contributed by atoms with Crippen LogP contribution in [0.1, 0.15) is 18.2 Å². The maximum absolute atomic E-state index is 5.78. The number of nitrogens with one attached hydrogen (secondary N) is 1. The third-order valence-corrected chi connectivity index (χ3v) is 2.81. The summed E-state index contributed by atoms with van der Waals surface area (Å²) in [6, 6.07) is 1.99. The van der Waals surface area contributed by atoms with Crippen LogP contribution in [0.15, 0.2) is 11.4 Å². The Morgan fingerprint density at radius 2 is 2.46 bits per heavy atom. The van der Waals surface area contributed by atoms with E-state index in [4.69, 9.17) is 11.6 Å². The van der Waals surface area contributed by atoms with Gasteiger partial charge in [-0.3, -0.25) is 0 Å². The van der Waals surface area contributed by atoms with Crippen molar-refractivity contribution in [2.45, 2.75) is 19.9 Å². The first-order valence-electron chi connectivity index (χ1n) is 4.16. The molecule has 0 spiro atoms. The lowest BCUT2D eigenvalue weighted by molar-refractivity contribution is 0.708. The molecule has 1 nitrogen and oxygen atoms in total. The Labute approximate surface area is 88.1 Å². The Balaban J connectivity index is 2.15.